The van der Waals surface area contributed by atoms with Gasteiger partial charge < -0.3 is 19.1 Å². The van der Waals surface area contributed by atoms with Crippen LogP contribution in [0.3, 0.4) is 0 Å². The zero-order valence-corrected chi connectivity index (χ0v) is 19.6. The molecule has 0 bridgehead atoms. The van der Waals surface area contributed by atoms with E-state index in [1.807, 2.05) is 32.0 Å². The molecule has 8 nitrogen and oxygen atoms in total. The second kappa shape index (κ2) is 7.12. The first-order chi connectivity index (χ1) is 16.2. The zero-order valence-electron chi connectivity index (χ0n) is 19.6. The highest BCUT2D eigenvalue weighted by Crippen LogP contribution is 2.52. The van der Waals surface area contributed by atoms with Crippen LogP contribution in [0.2, 0.25) is 0 Å². The Morgan fingerprint density at radius 1 is 1.03 bits per heavy atom. The Kier molecular flexibility index (Phi) is 4.46. The molecule has 1 aliphatic carbocycles. The van der Waals surface area contributed by atoms with Gasteiger partial charge in [0, 0.05) is 44.5 Å². The van der Waals surface area contributed by atoms with Crippen molar-refractivity contribution < 1.29 is 23.8 Å². The minimum absolute atomic E-state index is 0.190. The molecule has 1 aromatic heterocycles. The maximum absolute atomic E-state index is 12.9. The first-order valence-corrected chi connectivity index (χ1v) is 11.7. The van der Waals surface area contributed by atoms with Gasteiger partial charge in [0.2, 0.25) is 11.5 Å². The number of carbonyl (C=O) groups is 2. The third kappa shape index (κ3) is 3.15. The summed E-state index contributed by atoms with van der Waals surface area (Å²) in [5.41, 5.74) is 2.15. The smallest absolute Gasteiger partial charge is 0.309 e. The summed E-state index contributed by atoms with van der Waals surface area (Å²) in [6.07, 6.45) is 2.55. The van der Waals surface area contributed by atoms with Gasteiger partial charge in [-0.1, -0.05) is 24.3 Å². The first kappa shape index (κ1) is 21.3. The number of benzene rings is 1. The van der Waals surface area contributed by atoms with Crippen molar-refractivity contribution in [3.63, 3.8) is 0 Å². The maximum atomic E-state index is 12.9. The van der Waals surface area contributed by atoms with Gasteiger partial charge in [0.05, 0.1) is 11.3 Å². The Balaban J connectivity index is 1.19. The van der Waals surface area contributed by atoms with Gasteiger partial charge in [0.15, 0.2) is 0 Å². The molecule has 34 heavy (non-hydrogen) atoms. The van der Waals surface area contributed by atoms with E-state index in [2.05, 4.69) is 27.0 Å². The second-order valence-electron chi connectivity index (χ2n) is 10.2. The number of aliphatic imine (C=N–C) groups is 1. The molecule has 0 unspecified atom stereocenters. The Morgan fingerprint density at radius 2 is 1.71 bits per heavy atom. The van der Waals surface area contributed by atoms with Crippen molar-refractivity contribution in [3.8, 4) is 5.88 Å². The van der Waals surface area contributed by atoms with E-state index in [4.69, 9.17) is 14.2 Å². The molecule has 1 amide bonds. The lowest BCUT2D eigenvalue weighted by Gasteiger charge is -2.41. The number of likely N-dealkylation sites (tertiary alicyclic amines) is 1. The summed E-state index contributed by atoms with van der Waals surface area (Å²) in [6.45, 7) is 6.64. The molecule has 1 saturated heterocycles. The fourth-order valence-corrected chi connectivity index (χ4v) is 5.86. The Labute approximate surface area is 197 Å². The molecule has 1 aromatic carbocycles. The number of nitrogens with zero attached hydrogens (tertiary/aromatic N) is 3. The van der Waals surface area contributed by atoms with Crippen LogP contribution in [0.25, 0.3) is 0 Å². The third-order valence-electron chi connectivity index (χ3n) is 7.42. The maximum Gasteiger partial charge on any atom is 0.309 e. The summed E-state index contributed by atoms with van der Waals surface area (Å²) >= 11 is 0. The minimum atomic E-state index is -0.899. The van der Waals surface area contributed by atoms with Crippen LogP contribution >= 0.6 is 0 Å². The van der Waals surface area contributed by atoms with Crippen molar-refractivity contribution in [2.24, 2.45) is 4.99 Å². The number of ether oxygens (including phenoxy) is 3. The summed E-state index contributed by atoms with van der Waals surface area (Å²) in [5.74, 6) is -0.306. The van der Waals surface area contributed by atoms with Gasteiger partial charge in [0.1, 0.15) is 5.60 Å². The predicted molar refractivity (Wildman–Crippen MR) is 122 cm³/mol. The van der Waals surface area contributed by atoms with Crippen LogP contribution < -0.4 is 4.74 Å². The Morgan fingerprint density at radius 3 is 2.35 bits per heavy atom. The molecule has 176 valence electrons. The quantitative estimate of drug-likeness (QED) is 0.603. The molecule has 6 rings (SSSR count). The number of fused-ring (bicyclic) bond motifs is 3. The lowest BCUT2D eigenvalue weighted by molar-refractivity contribution is -0.148. The molecular weight excluding hydrogens is 434 g/mol. The first-order valence-electron chi connectivity index (χ1n) is 11.7. The fourth-order valence-electron chi connectivity index (χ4n) is 5.86. The molecule has 4 aliphatic rings. The normalized spacial score (nSPS) is 23.0. The molecule has 2 spiro atoms. The van der Waals surface area contributed by atoms with E-state index in [1.54, 1.807) is 6.07 Å². The number of rotatable bonds is 1. The zero-order chi connectivity index (χ0) is 23.7. The minimum Gasteiger partial charge on any atom is -0.447 e. The van der Waals surface area contributed by atoms with Crippen LogP contribution in [-0.4, -0.2) is 46.5 Å². The van der Waals surface area contributed by atoms with E-state index >= 15 is 0 Å². The van der Waals surface area contributed by atoms with Crippen LogP contribution in [0.5, 0.6) is 5.88 Å². The molecule has 0 N–H and O–H groups in total. The largest absolute Gasteiger partial charge is 0.447 e. The van der Waals surface area contributed by atoms with Crippen LogP contribution in [0.1, 0.15) is 56.0 Å². The van der Waals surface area contributed by atoms with Gasteiger partial charge in [-0.25, -0.2) is 4.98 Å². The van der Waals surface area contributed by atoms with Gasteiger partial charge in [-0.2, -0.15) is 4.99 Å². The van der Waals surface area contributed by atoms with E-state index in [1.165, 1.54) is 6.92 Å². The van der Waals surface area contributed by atoms with Crippen LogP contribution in [0, 0.1) is 0 Å². The molecule has 2 aromatic rings. The highest BCUT2D eigenvalue weighted by molar-refractivity contribution is 6.02. The van der Waals surface area contributed by atoms with Gasteiger partial charge in [0.25, 0.3) is 11.9 Å². The SMILES string of the molecule is CC(=O)Oc1ccc2c(n1)C(C)(C)OC21CCN(C2=NC(=O)C3(Cc4ccccc4C3)O2)CC1. The molecule has 0 radical (unpaired) electrons. The standard InChI is InChI=1S/C26H27N3O5/c1-16(30)32-20-9-8-19-21(27-20)24(2,3)34-25(19)10-12-29(13-11-25)23-28-22(31)26(33-23)14-17-6-4-5-7-18(17)15-26/h4-9H,10-15H2,1-3H3. The molecule has 0 saturated carbocycles. The summed E-state index contributed by atoms with van der Waals surface area (Å²) in [5, 5.41) is 0. The average Bonchev–Trinajstić information content (AvgIpc) is 3.38. The van der Waals surface area contributed by atoms with E-state index in [-0.39, 0.29) is 11.8 Å². The Hall–Kier alpha value is -3.26. The van der Waals surface area contributed by atoms with Crippen molar-refractivity contribution in [2.45, 2.75) is 63.3 Å². The lowest BCUT2D eigenvalue weighted by Crippen LogP contribution is -2.47. The molecular formula is C26H27N3O5. The van der Waals surface area contributed by atoms with Crippen molar-refractivity contribution in [1.29, 1.82) is 0 Å². The lowest BCUT2D eigenvalue weighted by atomic mass is 9.84. The van der Waals surface area contributed by atoms with Crippen molar-refractivity contribution in [2.75, 3.05) is 13.1 Å². The number of amidine groups is 1. The average molecular weight is 462 g/mol. The number of piperidine rings is 1. The van der Waals surface area contributed by atoms with E-state index in [9.17, 15) is 9.59 Å². The highest BCUT2D eigenvalue weighted by atomic mass is 16.6. The van der Waals surface area contributed by atoms with E-state index < -0.39 is 22.8 Å². The highest BCUT2D eigenvalue weighted by Gasteiger charge is 2.55. The Bertz CT molecular complexity index is 1220. The second-order valence-corrected chi connectivity index (χ2v) is 10.2. The van der Waals surface area contributed by atoms with Crippen LogP contribution in [0.4, 0.5) is 0 Å². The third-order valence-corrected chi connectivity index (χ3v) is 7.42. The van der Waals surface area contributed by atoms with Crippen molar-refractivity contribution in [1.82, 2.24) is 9.88 Å². The monoisotopic (exact) mass is 461 g/mol. The molecule has 4 heterocycles. The number of esters is 1. The van der Waals surface area contributed by atoms with Crippen molar-refractivity contribution in [3.05, 3.63) is 58.8 Å². The van der Waals surface area contributed by atoms with Gasteiger partial charge in [-0.3, -0.25) is 9.59 Å². The molecule has 1 fully saturated rings. The molecule has 3 aliphatic heterocycles. The van der Waals surface area contributed by atoms with Gasteiger partial charge in [-0.05, 0) is 43.9 Å². The summed E-state index contributed by atoms with van der Waals surface area (Å²) in [6, 6.07) is 12.2. The van der Waals surface area contributed by atoms with Gasteiger partial charge in [-0.15, -0.1) is 0 Å². The molecule has 0 atom stereocenters. The molecule has 8 heteroatoms. The number of carbonyl (C=O) groups excluding carboxylic acids is 2. The number of hydrogen-bond donors (Lipinski definition) is 0. The van der Waals surface area contributed by atoms with Crippen LogP contribution in [-0.2, 0) is 43.1 Å². The summed E-state index contributed by atoms with van der Waals surface area (Å²) in [4.78, 5) is 35.3. The number of amides is 1. The summed E-state index contributed by atoms with van der Waals surface area (Å²) in [7, 11) is 0. The predicted octanol–water partition coefficient (Wildman–Crippen LogP) is 3.01. The topological polar surface area (TPSA) is 90.3 Å². The number of aromatic nitrogens is 1. The van der Waals surface area contributed by atoms with E-state index in [0.29, 0.717) is 44.8 Å². The number of hydrogen-bond acceptors (Lipinski definition) is 7. The summed E-state index contributed by atoms with van der Waals surface area (Å²) < 4.78 is 18.1. The van der Waals surface area contributed by atoms with Crippen molar-refractivity contribution >= 4 is 17.9 Å². The van der Waals surface area contributed by atoms with E-state index in [0.717, 1.165) is 22.4 Å². The fraction of sp³-hybridized carbons (Fsp3) is 0.462. The van der Waals surface area contributed by atoms with Gasteiger partial charge >= 0.3 is 5.97 Å². The number of pyridine rings is 1. The van der Waals surface area contributed by atoms with Crippen LogP contribution in [0.15, 0.2) is 41.4 Å².